The topological polar surface area (TPSA) is 38.7 Å². The van der Waals surface area contributed by atoms with Gasteiger partial charge in [0.2, 0.25) is 0 Å². The molecule has 1 N–H and O–H groups in total. The van der Waals surface area contributed by atoms with E-state index in [1.54, 1.807) is 13.2 Å². The first-order chi connectivity index (χ1) is 9.69. The third kappa shape index (κ3) is 2.20. The van der Waals surface area contributed by atoms with Crippen LogP contribution in [0, 0.1) is 0 Å². The number of phenolic OH excluding ortho intramolecular Hbond substituents is 1. The van der Waals surface area contributed by atoms with Crippen LogP contribution in [0.1, 0.15) is 36.5 Å². The molecule has 0 bridgehead atoms. The molecular weight excluding hydrogens is 252 g/mol. The van der Waals surface area contributed by atoms with Crippen LogP contribution in [0.3, 0.4) is 0 Å². The largest absolute Gasteiger partial charge is 0.507 e. The van der Waals surface area contributed by atoms with Crippen molar-refractivity contribution in [1.29, 1.82) is 0 Å². The van der Waals surface area contributed by atoms with Crippen LogP contribution in [0.2, 0.25) is 0 Å². The van der Waals surface area contributed by atoms with Gasteiger partial charge in [0, 0.05) is 17.7 Å². The highest BCUT2D eigenvalue weighted by atomic mass is 16.5. The van der Waals surface area contributed by atoms with E-state index in [4.69, 9.17) is 9.47 Å². The predicted molar refractivity (Wildman–Crippen MR) is 77.5 cm³/mol. The molecule has 0 saturated heterocycles. The summed E-state index contributed by atoms with van der Waals surface area (Å²) < 4.78 is 11.3. The Morgan fingerprint density at radius 3 is 2.65 bits per heavy atom. The normalized spacial score (nSPS) is 20.9. The Morgan fingerprint density at radius 2 is 1.95 bits per heavy atom. The smallest absolute Gasteiger partial charge is 0.131 e. The van der Waals surface area contributed by atoms with Gasteiger partial charge in [0.25, 0.3) is 0 Å². The van der Waals surface area contributed by atoms with Crippen molar-refractivity contribution >= 4 is 0 Å². The first-order valence-electron chi connectivity index (χ1n) is 6.81. The summed E-state index contributed by atoms with van der Waals surface area (Å²) in [4.78, 5) is 0. The molecule has 2 aromatic rings. The molecule has 0 spiro atoms. The molecule has 3 nitrogen and oxygen atoms in total. The number of fused-ring (bicyclic) bond motifs is 1. The van der Waals surface area contributed by atoms with Crippen LogP contribution in [0.15, 0.2) is 42.5 Å². The van der Waals surface area contributed by atoms with Gasteiger partial charge in [-0.25, -0.2) is 0 Å². The van der Waals surface area contributed by atoms with Crippen molar-refractivity contribution in [3.8, 4) is 17.2 Å². The molecule has 2 unspecified atom stereocenters. The average molecular weight is 270 g/mol. The van der Waals surface area contributed by atoms with Gasteiger partial charge < -0.3 is 14.6 Å². The molecular formula is C17H18O3. The van der Waals surface area contributed by atoms with Crippen molar-refractivity contribution in [3.63, 3.8) is 0 Å². The number of aromatic hydroxyl groups is 1. The van der Waals surface area contributed by atoms with Gasteiger partial charge >= 0.3 is 0 Å². The van der Waals surface area contributed by atoms with Crippen LogP contribution < -0.4 is 9.47 Å². The standard InChI is InChI=1S/C17H18O3/c1-11-8-15(12-6-4-3-5-7-12)20-16-10-13(19-2)9-14(18)17(11)16/h3-7,9-11,15,18H,8H2,1-2H3. The summed E-state index contributed by atoms with van der Waals surface area (Å²) in [6, 6.07) is 13.7. The van der Waals surface area contributed by atoms with Gasteiger partial charge in [0.05, 0.1) is 7.11 Å². The van der Waals surface area contributed by atoms with Gasteiger partial charge in [-0.15, -0.1) is 0 Å². The quantitative estimate of drug-likeness (QED) is 0.895. The molecule has 3 rings (SSSR count). The minimum absolute atomic E-state index is 0.0187. The number of rotatable bonds is 2. The van der Waals surface area contributed by atoms with E-state index in [1.165, 1.54) is 0 Å². The van der Waals surface area contributed by atoms with Gasteiger partial charge in [-0.3, -0.25) is 0 Å². The fourth-order valence-corrected chi connectivity index (χ4v) is 2.81. The predicted octanol–water partition coefficient (Wildman–Crippen LogP) is 4.03. The summed E-state index contributed by atoms with van der Waals surface area (Å²) in [6.07, 6.45) is 0.877. The molecule has 0 aliphatic carbocycles. The second-order valence-corrected chi connectivity index (χ2v) is 5.21. The number of hydrogen-bond acceptors (Lipinski definition) is 3. The van der Waals surface area contributed by atoms with Crippen LogP contribution >= 0.6 is 0 Å². The summed E-state index contributed by atoms with van der Waals surface area (Å²) in [7, 11) is 1.59. The number of ether oxygens (including phenoxy) is 2. The number of hydrogen-bond donors (Lipinski definition) is 1. The summed E-state index contributed by atoms with van der Waals surface area (Å²) in [6.45, 7) is 2.11. The molecule has 2 aromatic carbocycles. The Kier molecular flexibility index (Phi) is 3.26. The monoisotopic (exact) mass is 270 g/mol. The minimum Gasteiger partial charge on any atom is -0.507 e. The molecule has 0 amide bonds. The molecule has 1 aliphatic heterocycles. The second kappa shape index (κ2) is 5.08. The van der Waals surface area contributed by atoms with Crippen LogP contribution in [-0.2, 0) is 0 Å². The van der Waals surface area contributed by atoms with Crippen LogP contribution in [-0.4, -0.2) is 12.2 Å². The lowest BCUT2D eigenvalue weighted by Gasteiger charge is -2.31. The van der Waals surface area contributed by atoms with E-state index in [9.17, 15) is 5.11 Å². The Hall–Kier alpha value is -2.16. The zero-order valence-electron chi connectivity index (χ0n) is 11.7. The van der Waals surface area contributed by atoms with E-state index in [0.717, 1.165) is 23.3 Å². The zero-order chi connectivity index (χ0) is 14.1. The van der Waals surface area contributed by atoms with Crippen LogP contribution in [0.5, 0.6) is 17.2 Å². The fourth-order valence-electron chi connectivity index (χ4n) is 2.81. The second-order valence-electron chi connectivity index (χ2n) is 5.21. The molecule has 1 heterocycles. The highest BCUT2D eigenvalue weighted by molar-refractivity contribution is 5.53. The van der Waals surface area contributed by atoms with Crippen molar-refractivity contribution < 1.29 is 14.6 Å². The molecule has 20 heavy (non-hydrogen) atoms. The van der Waals surface area contributed by atoms with E-state index in [-0.39, 0.29) is 17.8 Å². The van der Waals surface area contributed by atoms with Crippen LogP contribution in [0.4, 0.5) is 0 Å². The minimum atomic E-state index is 0.0187. The van der Waals surface area contributed by atoms with Crippen molar-refractivity contribution in [2.24, 2.45) is 0 Å². The lowest BCUT2D eigenvalue weighted by molar-refractivity contribution is 0.161. The molecule has 2 atom stereocenters. The number of benzene rings is 2. The van der Waals surface area contributed by atoms with E-state index < -0.39 is 0 Å². The maximum Gasteiger partial charge on any atom is 0.131 e. The van der Waals surface area contributed by atoms with Gasteiger partial charge in [0.15, 0.2) is 0 Å². The third-order valence-corrected chi connectivity index (χ3v) is 3.83. The molecule has 0 fully saturated rings. The third-order valence-electron chi connectivity index (χ3n) is 3.83. The van der Waals surface area contributed by atoms with E-state index in [2.05, 4.69) is 19.1 Å². The molecule has 0 aromatic heterocycles. The van der Waals surface area contributed by atoms with E-state index in [0.29, 0.717) is 5.75 Å². The summed E-state index contributed by atoms with van der Waals surface area (Å²) in [5, 5.41) is 10.1. The molecule has 3 heteroatoms. The first-order valence-corrected chi connectivity index (χ1v) is 6.81. The highest BCUT2D eigenvalue weighted by Gasteiger charge is 2.29. The molecule has 104 valence electrons. The van der Waals surface area contributed by atoms with Gasteiger partial charge in [0.1, 0.15) is 23.4 Å². The molecule has 0 saturated carbocycles. The lowest BCUT2D eigenvalue weighted by Crippen LogP contribution is -2.18. The summed E-state index contributed by atoms with van der Waals surface area (Å²) in [5.74, 6) is 1.82. The van der Waals surface area contributed by atoms with E-state index >= 15 is 0 Å². The van der Waals surface area contributed by atoms with Crippen molar-refractivity contribution in [2.45, 2.75) is 25.4 Å². The summed E-state index contributed by atoms with van der Waals surface area (Å²) >= 11 is 0. The first kappa shape index (κ1) is 12.9. The van der Waals surface area contributed by atoms with Gasteiger partial charge in [-0.2, -0.15) is 0 Å². The summed E-state index contributed by atoms with van der Waals surface area (Å²) in [5.41, 5.74) is 2.03. The van der Waals surface area contributed by atoms with Crippen molar-refractivity contribution in [1.82, 2.24) is 0 Å². The highest BCUT2D eigenvalue weighted by Crippen LogP contribution is 2.47. The van der Waals surface area contributed by atoms with Crippen molar-refractivity contribution in [2.75, 3.05) is 7.11 Å². The zero-order valence-corrected chi connectivity index (χ0v) is 11.7. The number of methoxy groups -OCH3 is 1. The Balaban J connectivity index is 2.00. The number of phenols is 1. The van der Waals surface area contributed by atoms with E-state index in [1.807, 2.05) is 24.3 Å². The maximum atomic E-state index is 10.1. The van der Waals surface area contributed by atoms with Crippen molar-refractivity contribution in [3.05, 3.63) is 53.6 Å². The SMILES string of the molecule is COc1cc(O)c2c(c1)OC(c1ccccc1)CC2C. The molecule has 0 radical (unpaired) electrons. The van der Waals surface area contributed by atoms with Gasteiger partial charge in [-0.05, 0) is 17.9 Å². The maximum absolute atomic E-state index is 10.1. The fraction of sp³-hybridized carbons (Fsp3) is 0.294. The Labute approximate surface area is 118 Å². The molecule has 1 aliphatic rings. The Bertz CT molecular complexity index is 607. The van der Waals surface area contributed by atoms with Crippen LogP contribution in [0.25, 0.3) is 0 Å². The average Bonchev–Trinajstić information content (AvgIpc) is 2.47. The van der Waals surface area contributed by atoms with Gasteiger partial charge in [-0.1, -0.05) is 37.3 Å². The lowest BCUT2D eigenvalue weighted by atomic mass is 9.88. The Morgan fingerprint density at radius 1 is 1.20 bits per heavy atom.